The molecule has 0 spiro atoms. The number of aromatic nitrogens is 2. The predicted octanol–water partition coefficient (Wildman–Crippen LogP) is 4.10. The second kappa shape index (κ2) is 8.23. The van der Waals surface area contributed by atoms with Gasteiger partial charge in [-0.25, -0.2) is 9.97 Å². The molecule has 1 fully saturated rings. The Morgan fingerprint density at radius 2 is 2.10 bits per heavy atom. The number of anilines is 1. The molecule has 1 aromatic heterocycles. The molecule has 1 aliphatic carbocycles. The van der Waals surface area contributed by atoms with E-state index in [4.69, 9.17) is 0 Å². The summed E-state index contributed by atoms with van der Waals surface area (Å²) >= 11 is 0. The monoisotopic (exact) mass is 403 g/mol. The Morgan fingerprint density at radius 3 is 2.59 bits per heavy atom. The van der Waals surface area contributed by atoms with E-state index in [1.807, 2.05) is 19.1 Å². The number of nitrogens with zero attached hydrogens (tertiary/aromatic N) is 4. The Hall–Kier alpha value is -2.90. The van der Waals surface area contributed by atoms with Crippen LogP contribution in [0.4, 0.5) is 14.5 Å². The van der Waals surface area contributed by atoms with Crippen LogP contribution in [0.15, 0.2) is 54.0 Å². The number of hydrogen-bond donors (Lipinski definition) is 1. The standard InChI is InChI=1S/C21H25F2N5O.H2/c1-4-10-24-18(15-6-11-28(12-7-15)17(29)5-2)21(8-9-21)27-16-13-25-19(26-14-16)20(3,22)23;/h4-6,10,13-14,27H,2,7-9,11-12H2,1,3H3;1H/b10-4-,24-18?;. The maximum atomic E-state index is 13.3. The van der Waals surface area contributed by atoms with E-state index >= 15 is 0 Å². The first-order valence-electron chi connectivity index (χ1n) is 9.58. The van der Waals surface area contributed by atoms with Crippen LogP contribution in [0.1, 0.15) is 40.4 Å². The minimum atomic E-state index is -3.07. The summed E-state index contributed by atoms with van der Waals surface area (Å²) in [4.78, 5) is 25.8. The Bertz CT molecular complexity index is 870. The van der Waals surface area contributed by atoms with Crippen molar-refractivity contribution in [3.8, 4) is 0 Å². The Labute approximate surface area is 170 Å². The summed E-state index contributed by atoms with van der Waals surface area (Å²) in [6.07, 6.45) is 12.1. The molecule has 0 unspecified atom stereocenters. The lowest BCUT2D eigenvalue weighted by Crippen LogP contribution is -2.39. The largest absolute Gasteiger partial charge is 0.371 e. The molecule has 6 nitrogen and oxygen atoms in total. The molecule has 29 heavy (non-hydrogen) atoms. The second-order valence-electron chi connectivity index (χ2n) is 7.32. The molecule has 2 aliphatic rings. The van der Waals surface area contributed by atoms with Crippen molar-refractivity contribution in [2.24, 2.45) is 4.99 Å². The van der Waals surface area contributed by atoms with Crippen LogP contribution in [-0.4, -0.2) is 45.1 Å². The van der Waals surface area contributed by atoms with E-state index in [0.29, 0.717) is 25.2 Å². The van der Waals surface area contributed by atoms with Gasteiger partial charge in [0.05, 0.1) is 29.3 Å². The quantitative estimate of drug-likeness (QED) is 0.550. The highest BCUT2D eigenvalue weighted by Gasteiger charge is 2.49. The zero-order chi connectivity index (χ0) is 21.1. The average Bonchev–Trinajstić information content (AvgIpc) is 3.48. The summed E-state index contributed by atoms with van der Waals surface area (Å²) in [6, 6.07) is 0. The fourth-order valence-electron chi connectivity index (χ4n) is 3.32. The molecule has 0 bridgehead atoms. The highest BCUT2D eigenvalue weighted by molar-refractivity contribution is 6.11. The molecule has 0 saturated heterocycles. The van der Waals surface area contributed by atoms with Gasteiger partial charge in [-0.05, 0) is 37.8 Å². The fraction of sp³-hybridized carbons (Fsp3) is 0.429. The predicted molar refractivity (Wildman–Crippen MR) is 111 cm³/mol. The van der Waals surface area contributed by atoms with Crippen LogP contribution in [0, 0.1) is 0 Å². The van der Waals surface area contributed by atoms with Gasteiger partial charge in [0, 0.05) is 27.6 Å². The number of alkyl halides is 2. The highest BCUT2D eigenvalue weighted by Crippen LogP contribution is 2.43. The molecule has 2 heterocycles. The lowest BCUT2D eigenvalue weighted by Gasteiger charge is -2.29. The van der Waals surface area contributed by atoms with Gasteiger partial charge in [-0.3, -0.25) is 9.79 Å². The highest BCUT2D eigenvalue weighted by atomic mass is 19.3. The van der Waals surface area contributed by atoms with E-state index in [9.17, 15) is 13.6 Å². The lowest BCUT2D eigenvalue weighted by molar-refractivity contribution is -0.125. The molecule has 0 aromatic carbocycles. The minimum Gasteiger partial charge on any atom is -0.371 e. The van der Waals surface area contributed by atoms with Crippen molar-refractivity contribution in [1.29, 1.82) is 0 Å². The molecule has 156 valence electrons. The smallest absolute Gasteiger partial charge is 0.303 e. The van der Waals surface area contributed by atoms with Crippen molar-refractivity contribution in [3.63, 3.8) is 0 Å². The van der Waals surface area contributed by atoms with Crippen molar-refractivity contribution in [1.82, 2.24) is 14.9 Å². The summed E-state index contributed by atoms with van der Waals surface area (Å²) < 4.78 is 26.7. The molecule has 1 saturated carbocycles. The van der Waals surface area contributed by atoms with E-state index < -0.39 is 11.7 Å². The maximum absolute atomic E-state index is 13.3. The summed E-state index contributed by atoms with van der Waals surface area (Å²) in [5.74, 6) is -3.66. The zero-order valence-corrected chi connectivity index (χ0v) is 16.7. The number of amides is 1. The number of halogens is 2. The summed E-state index contributed by atoms with van der Waals surface area (Å²) in [6.45, 7) is 7.31. The van der Waals surface area contributed by atoms with Gasteiger partial charge < -0.3 is 10.2 Å². The topological polar surface area (TPSA) is 70.5 Å². The van der Waals surface area contributed by atoms with Crippen LogP contribution in [0.3, 0.4) is 0 Å². The summed E-state index contributed by atoms with van der Waals surface area (Å²) in [7, 11) is 0. The van der Waals surface area contributed by atoms with Crippen molar-refractivity contribution in [3.05, 3.63) is 54.8 Å². The molecule has 3 rings (SSSR count). The van der Waals surface area contributed by atoms with E-state index in [0.717, 1.165) is 31.1 Å². The molecular formula is C21H27F2N5O. The van der Waals surface area contributed by atoms with Crippen LogP contribution in [0.2, 0.25) is 0 Å². The normalized spacial score (nSPS) is 19.1. The number of aliphatic imine (C=N–C) groups is 1. The van der Waals surface area contributed by atoms with Crippen molar-refractivity contribution in [2.75, 3.05) is 18.4 Å². The van der Waals surface area contributed by atoms with Crippen molar-refractivity contribution in [2.45, 2.75) is 44.6 Å². The van der Waals surface area contributed by atoms with Gasteiger partial charge in [0.2, 0.25) is 5.91 Å². The molecule has 1 aliphatic heterocycles. The number of hydrogen-bond acceptors (Lipinski definition) is 5. The van der Waals surface area contributed by atoms with E-state index in [-0.39, 0.29) is 12.9 Å². The fourth-order valence-corrected chi connectivity index (χ4v) is 3.32. The first kappa shape index (κ1) is 20.8. The number of allylic oxidation sites excluding steroid dienone is 1. The SMILES string of the molecule is C=CC(=O)N1CC=C(C(=N/C=C\C)C2(Nc3cnc(C(C)(F)F)nc3)CC2)CC1.[HH]. The van der Waals surface area contributed by atoms with Crippen molar-refractivity contribution < 1.29 is 15.0 Å². The molecule has 0 radical (unpaired) electrons. The Kier molecular flexibility index (Phi) is 5.91. The molecular weight excluding hydrogens is 376 g/mol. The number of nitrogens with one attached hydrogen (secondary N) is 1. The van der Waals surface area contributed by atoms with Crippen molar-refractivity contribution >= 4 is 17.3 Å². The molecule has 1 aromatic rings. The molecule has 8 heteroatoms. The van der Waals surface area contributed by atoms with Gasteiger partial charge >= 0.3 is 5.92 Å². The zero-order valence-electron chi connectivity index (χ0n) is 16.7. The third-order valence-corrected chi connectivity index (χ3v) is 4.98. The van der Waals surface area contributed by atoms with Gasteiger partial charge in [-0.15, -0.1) is 0 Å². The number of carbonyl (C=O) groups is 1. The first-order chi connectivity index (χ1) is 13.8. The Morgan fingerprint density at radius 1 is 1.41 bits per heavy atom. The third kappa shape index (κ3) is 4.75. The van der Waals surface area contributed by atoms with Gasteiger partial charge in [0.25, 0.3) is 0 Å². The van der Waals surface area contributed by atoms with E-state index in [1.54, 1.807) is 11.1 Å². The van der Waals surface area contributed by atoms with Crippen LogP contribution >= 0.6 is 0 Å². The third-order valence-electron chi connectivity index (χ3n) is 4.98. The second-order valence-corrected chi connectivity index (χ2v) is 7.32. The van der Waals surface area contributed by atoms with E-state index in [2.05, 4.69) is 26.9 Å². The number of carbonyl (C=O) groups excluding carboxylic acids is 1. The Balaban J connectivity index is 0.00000320. The minimum absolute atomic E-state index is 0. The van der Waals surface area contributed by atoms with E-state index in [1.165, 1.54) is 18.5 Å². The van der Waals surface area contributed by atoms with Gasteiger partial charge in [0.1, 0.15) is 0 Å². The van der Waals surface area contributed by atoms with Crippen LogP contribution in [-0.2, 0) is 10.7 Å². The van der Waals surface area contributed by atoms with Gasteiger partial charge in [-0.1, -0.05) is 18.7 Å². The van der Waals surface area contributed by atoms with Gasteiger partial charge in [-0.2, -0.15) is 8.78 Å². The lowest BCUT2D eigenvalue weighted by atomic mass is 9.95. The van der Waals surface area contributed by atoms with Crippen LogP contribution < -0.4 is 5.32 Å². The summed E-state index contributed by atoms with van der Waals surface area (Å²) in [5.41, 5.74) is 2.18. The first-order valence-corrected chi connectivity index (χ1v) is 9.58. The van der Waals surface area contributed by atoms with Crippen LogP contribution in [0.5, 0.6) is 0 Å². The summed E-state index contributed by atoms with van der Waals surface area (Å²) in [5, 5.41) is 3.39. The molecule has 1 N–H and O–H groups in total. The number of rotatable bonds is 7. The molecule has 0 atom stereocenters. The average molecular weight is 403 g/mol. The molecule has 1 amide bonds. The van der Waals surface area contributed by atoms with Gasteiger partial charge in [0.15, 0.2) is 5.82 Å². The van der Waals surface area contributed by atoms with Crippen LogP contribution in [0.25, 0.3) is 0 Å². The maximum Gasteiger partial charge on any atom is 0.303 e.